The van der Waals surface area contributed by atoms with Crippen LogP contribution in [0.3, 0.4) is 0 Å². The fourth-order valence-electron chi connectivity index (χ4n) is 1.13. The van der Waals surface area contributed by atoms with Gasteiger partial charge >= 0.3 is 5.69 Å². The highest BCUT2D eigenvalue weighted by Gasteiger charge is 2.03. The van der Waals surface area contributed by atoms with Crippen molar-refractivity contribution in [1.82, 2.24) is 15.0 Å². The molecule has 0 saturated heterocycles. The van der Waals surface area contributed by atoms with E-state index >= 15 is 0 Å². The summed E-state index contributed by atoms with van der Waals surface area (Å²) in [6, 6.07) is 5.44. The molecule has 0 saturated carbocycles. The summed E-state index contributed by atoms with van der Waals surface area (Å²) >= 11 is 0. The lowest BCUT2D eigenvalue weighted by Crippen LogP contribution is -2.12. The Morgan fingerprint density at radius 2 is 2.14 bits per heavy atom. The molecule has 0 spiro atoms. The lowest BCUT2D eigenvalue weighted by Gasteiger charge is -2.01. The molecule has 2 aromatic rings. The molecule has 5 nitrogen and oxygen atoms in total. The van der Waals surface area contributed by atoms with Crippen LogP contribution in [0.1, 0.15) is 0 Å². The van der Waals surface area contributed by atoms with E-state index < -0.39 is 5.69 Å². The SMILES string of the molecule is Nc1[nH]c(=O)ncc1-c1ccccn1. The second-order valence-electron chi connectivity index (χ2n) is 2.73. The third-order valence-electron chi connectivity index (χ3n) is 1.78. The molecule has 0 aromatic carbocycles. The number of aromatic nitrogens is 3. The van der Waals surface area contributed by atoms with Crippen molar-refractivity contribution >= 4 is 5.82 Å². The topological polar surface area (TPSA) is 84.7 Å². The highest BCUT2D eigenvalue weighted by Crippen LogP contribution is 2.18. The summed E-state index contributed by atoms with van der Waals surface area (Å²) in [6.45, 7) is 0. The highest BCUT2D eigenvalue weighted by molar-refractivity contribution is 5.69. The van der Waals surface area contributed by atoms with Crippen LogP contribution in [0.25, 0.3) is 11.3 Å². The number of aromatic amines is 1. The number of H-pyrrole nitrogens is 1. The largest absolute Gasteiger partial charge is 0.385 e. The van der Waals surface area contributed by atoms with E-state index in [2.05, 4.69) is 15.0 Å². The van der Waals surface area contributed by atoms with Gasteiger partial charge < -0.3 is 5.73 Å². The van der Waals surface area contributed by atoms with Gasteiger partial charge in [-0.3, -0.25) is 9.97 Å². The molecule has 0 radical (unpaired) electrons. The van der Waals surface area contributed by atoms with Crippen molar-refractivity contribution in [2.45, 2.75) is 0 Å². The molecule has 2 rings (SSSR count). The molecule has 0 aliphatic rings. The minimum absolute atomic E-state index is 0.281. The minimum atomic E-state index is -0.456. The predicted octanol–water partition coefficient (Wildman–Crippen LogP) is 0.414. The van der Waals surface area contributed by atoms with Gasteiger partial charge in [0.05, 0.1) is 11.3 Å². The van der Waals surface area contributed by atoms with Gasteiger partial charge in [0.25, 0.3) is 0 Å². The highest BCUT2D eigenvalue weighted by atomic mass is 16.1. The van der Waals surface area contributed by atoms with Crippen molar-refractivity contribution in [3.8, 4) is 11.3 Å². The molecule has 3 N–H and O–H groups in total. The van der Waals surface area contributed by atoms with Gasteiger partial charge in [0.15, 0.2) is 0 Å². The molecule has 2 heterocycles. The number of nitrogens with zero attached hydrogens (tertiary/aromatic N) is 2. The Balaban J connectivity index is 2.58. The van der Waals surface area contributed by atoms with Crippen molar-refractivity contribution in [2.75, 3.05) is 5.73 Å². The molecular formula is C9H8N4O. The van der Waals surface area contributed by atoms with Gasteiger partial charge in [-0.2, -0.15) is 0 Å². The summed E-state index contributed by atoms with van der Waals surface area (Å²) in [5, 5.41) is 0. The van der Waals surface area contributed by atoms with E-state index in [4.69, 9.17) is 5.73 Å². The number of anilines is 1. The summed E-state index contributed by atoms with van der Waals surface area (Å²) in [7, 11) is 0. The third-order valence-corrected chi connectivity index (χ3v) is 1.78. The fourth-order valence-corrected chi connectivity index (χ4v) is 1.13. The van der Waals surface area contributed by atoms with E-state index in [0.29, 0.717) is 11.3 Å². The maximum atomic E-state index is 10.8. The number of rotatable bonds is 1. The van der Waals surface area contributed by atoms with Crippen LogP contribution in [0.15, 0.2) is 35.4 Å². The Hall–Kier alpha value is -2.17. The second-order valence-corrected chi connectivity index (χ2v) is 2.73. The molecule has 14 heavy (non-hydrogen) atoms. The van der Waals surface area contributed by atoms with Gasteiger partial charge in [0.2, 0.25) is 0 Å². The molecule has 0 amide bonds. The molecular weight excluding hydrogens is 180 g/mol. The molecule has 0 atom stereocenters. The minimum Gasteiger partial charge on any atom is -0.385 e. The number of nitrogens with two attached hydrogens (primary N) is 1. The number of hydrogen-bond donors (Lipinski definition) is 2. The lowest BCUT2D eigenvalue weighted by atomic mass is 10.2. The summed E-state index contributed by atoms with van der Waals surface area (Å²) < 4.78 is 0. The summed E-state index contributed by atoms with van der Waals surface area (Å²) in [6.07, 6.45) is 3.07. The van der Waals surface area contributed by atoms with E-state index in [1.165, 1.54) is 6.20 Å². The number of nitrogens with one attached hydrogen (secondary N) is 1. The van der Waals surface area contributed by atoms with Gasteiger partial charge in [0, 0.05) is 12.4 Å². The van der Waals surface area contributed by atoms with Gasteiger partial charge in [-0.1, -0.05) is 6.07 Å². The van der Waals surface area contributed by atoms with E-state index in [0.717, 1.165) is 0 Å². The third kappa shape index (κ3) is 1.47. The van der Waals surface area contributed by atoms with Crippen LogP contribution in [-0.4, -0.2) is 15.0 Å². The van der Waals surface area contributed by atoms with Crippen LogP contribution in [0, 0.1) is 0 Å². The Morgan fingerprint density at radius 3 is 2.79 bits per heavy atom. The van der Waals surface area contributed by atoms with Crippen LogP contribution in [0.2, 0.25) is 0 Å². The molecule has 70 valence electrons. The Kier molecular flexibility index (Phi) is 1.98. The lowest BCUT2D eigenvalue weighted by molar-refractivity contribution is 1.08. The van der Waals surface area contributed by atoms with Crippen LogP contribution in [0.5, 0.6) is 0 Å². The molecule has 5 heteroatoms. The average Bonchev–Trinajstić information content (AvgIpc) is 2.19. The van der Waals surface area contributed by atoms with Crippen molar-refractivity contribution < 1.29 is 0 Å². The Bertz CT molecular complexity index is 492. The maximum Gasteiger partial charge on any atom is 0.346 e. The number of hydrogen-bond acceptors (Lipinski definition) is 4. The van der Waals surface area contributed by atoms with Crippen molar-refractivity contribution in [2.24, 2.45) is 0 Å². The number of pyridine rings is 1. The molecule has 2 aromatic heterocycles. The predicted molar refractivity (Wildman–Crippen MR) is 52.5 cm³/mol. The van der Waals surface area contributed by atoms with E-state index in [1.54, 1.807) is 18.3 Å². The summed E-state index contributed by atoms with van der Waals surface area (Å²) in [5.41, 5.74) is 6.48. The summed E-state index contributed by atoms with van der Waals surface area (Å²) in [5.74, 6) is 0.281. The van der Waals surface area contributed by atoms with Crippen LogP contribution in [-0.2, 0) is 0 Å². The Labute approximate surface area is 79.6 Å². The smallest absolute Gasteiger partial charge is 0.346 e. The molecule has 0 aliphatic carbocycles. The van der Waals surface area contributed by atoms with Gasteiger partial charge in [0.1, 0.15) is 5.82 Å². The van der Waals surface area contributed by atoms with Gasteiger partial charge in [-0.05, 0) is 12.1 Å². The summed E-state index contributed by atoms with van der Waals surface area (Å²) in [4.78, 5) is 20.9. The van der Waals surface area contributed by atoms with E-state index in [9.17, 15) is 4.79 Å². The van der Waals surface area contributed by atoms with E-state index in [-0.39, 0.29) is 5.82 Å². The normalized spacial score (nSPS) is 10.0. The first kappa shape index (κ1) is 8.43. The maximum absolute atomic E-state index is 10.8. The molecule has 0 bridgehead atoms. The second kappa shape index (κ2) is 3.29. The van der Waals surface area contributed by atoms with Crippen molar-refractivity contribution in [3.05, 3.63) is 41.1 Å². The van der Waals surface area contributed by atoms with Crippen LogP contribution in [0.4, 0.5) is 5.82 Å². The fraction of sp³-hybridized carbons (Fsp3) is 0. The molecule has 0 fully saturated rings. The first-order valence-corrected chi connectivity index (χ1v) is 4.03. The zero-order chi connectivity index (χ0) is 9.97. The van der Waals surface area contributed by atoms with Crippen LogP contribution >= 0.6 is 0 Å². The number of nitrogen functional groups attached to an aromatic ring is 1. The standard InChI is InChI=1S/C9H8N4O/c10-8-6(5-12-9(14)13-8)7-3-1-2-4-11-7/h1-5H,(H3,10,12,13,14). The molecule has 0 aliphatic heterocycles. The van der Waals surface area contributed by atoms with Gasteiger partial charge in [-0.15, -0.1) is 0 Å². The quantitative estimate of drug-likeness (QED) is 0.679. The zero-order valence-corrected chi connectivity index (χ0v) is 7.27. The first-order valence-electron chi connectivity index (χ1n) is 4.03. The zero-order valence-electron chi connectivity index (χ0n) is 7.27. The van der Waals surface area contributed by atoms with E-state index in [1.807, 2.05) is 6.07 Å². The van der Waals surface area contributed by atoms with Crippen LogP contribution < -0.4 is 11.4 Å². The first-order chi connectivity index (χ1) is 6.77. The average molecular weight is 188 g/mol. The monoisotopic (exact) mass is 188 g/mol. The van der Waals surface area contributed by atoms with Crippen molar-refractivity contribution in [1.29, 1.82) is 0 Å². The molecule has 0 unspecified atom stereocenters. The Morgan fingerprint density at radius 1 is 1.29 bits per heavy atom. The van der Waals surface area contributed by atoms with Crippen molar-refractivity contribution in [3.63, 3.8) is 0 Å². The van der Waals surface area contributed by atoms with Gasteiger partial charge in [-0.25, -0.2) is 9.78 Å².